The normalized spacial score (nSPS) is 18.6. The lowest BCUT2D eigenvalue weighted by molar-refractivity contribution is -0.383. The summed E-state index contributed by atoms with van der Waals surface area (Å²) in [6, 6.07) is 1.01. The zero-order valence-corrected chi connectivity index (χ0v) is 12.0. The van der Waals surface area contributed by atoms with E-state index in [2.05, 4.69) is 4.72 Å². The van der Waals surface area contributed by atoms with Crippen LogP contribution in [0.3, 0.4) is 0 Å². The lowest BCUT2D eigenvalue weighted by Gasteiger charge is -2.24. The Bertz CT molecular complexity index is 602. The molecule has 0 bridgehead atoms. The summed E-state index contributed by atoms with van der Waals surface area (Å²) in [7, 11) is -3.75. The highest BCUT2D eigenvalue weighted by molar-refractivity contribution is 7.91. The van der Waals surface area contributed by atoms with Crippen LogP contribution in [0.2, 0.25) is 0 Å². The molecular weight excluding hydrogens is 290 g/mol. The first-order valence-corrected chi connectivity index (χ1v) is 8.11. The highest BCUT2D eigenvalue weighted by Crippen LogP contribution is 2.36. The Morgan fingerprint density at radius 2 is 2.05 bits per heavy atom. The van der Waals surface area contributed by atoms with Crippen LogP contribution in [0.15, 0.2) is 10.3 Å². The maximum atomic E-state index is 12.2. The molecule has 106 valence electrons. The standard InChI is InChI=1S/C10H15N3O4S2/c1-10(4-2-3-5-10)12-19(16,17)8-6-7(13(14)15)9(11)18-8/h6,12H,2-5,11H2,1H3. The Morgan fingerprint density at radius 3 is 2.53 bits per heavy atom. The molecule has 1 saturated carbocycles. The number of hydrogen-bond donors (Lipinski definition) is 2. The molecule has 0 unspecified atom stereocenters. The Balaban J connectivity index is 2.29. The minimum atomic E-state index is -3.75. The highest BCUT2D eigenvalue weighted by Gasteiger charge is 2.35. The summed E-state index contributed by atoms with van der Waals surface area (Å²) in [5, 5.41) is 10.6. The number of sulfonamides is 1. The number of thiophene rings is 1. The molecule has 0 amide bonds. The van der Waals surface area contributed by atoms with Crippen LogP contribution in [-0.2, 0) is 10.0 Å². The fraction of sp³-hybridized carbons (Fsp3) is 0.600. The largest absolute Gasteiger partial charge is 0.385 e. The molecule has 1 heterocycles. The van der Waals surface area contributed by atoms with Crippen LogP contribution >= 0.6 is 11.3 Å². The Morgan fingerprint density at radius 1 is 1.47 bits per heavy atom. The van der Waals surface area contributed by atoms with Gasteiger partial charge in [-0.15, -0.1) is 0 Å². The van der Waals surface area contributed by atoms with Gasteiger partial charge in [0.25, 0.3) is 10.0 Å². The third kappa shape index (κ3) is 2.88. The van der Waals surface area contributed by atoms with Crippen LogP contribution in [0.1, 0.15) is 32.6 Å². The molecule has 1 aromatic heterocycles. The number of nitrogens with two attached hydrogens (primary N) is 1. The molecule has 0 atom stereocenters. The summed E-state index contributed by atoms with van der Waals surface area (Å²) >= 11 is 0.717. The fourth-order valence-corrected chi connectivity index (χ4v) is 4.96. The van der Waals surface area contributed by atoms with Crippen LogP contribution < -0.4 is 10.5 Å². The van der Waals surface area contributed by atoms with Crippen molar-refractivity contribution in [3.63, 3.8) is 0 Å². The number of nitrogens with zero attached hydrogens (tertiary/aromatic N) is 1. The van der Waals surface area contributed by atoms with Crippen LogP contribution in [0.25, 0.3) is 0 Å². The van der Waals surface area contributed by atoms with E-state index in [1.165, 1.54) is 0 Å². The molecule has 1 aliphatic carbocycles. The monoisotopic (exact) mass is 305 g/mol. The Labute approximate surface area is 115 Å². The van der Waals surface area contributed by atoms with Crippen LogP contribution in [0.4, 0.5) is 10.7 Å². The minimum absolute atomic E-state index is 0.0954. The predicted molar refractivity (Wildman–Crippen MR) is 72.6 cm³/mol. The number of nitro groups is 1. The molecule has 1 aliphatic rings. The van der Waals surface area contributed by atoms with Crippen molar-refractivity contribution in [3.8, 4) is 0 Å². The summed E-state index contributed by atoms with van der Waals surface area (Å²) in [6.07, 6.45) is 3.50. The van der Waals surface area contributed by atoms with Gasteiger partial charge < -0.3 is 5.73 Å². The minimum Gasteiger partial charge on any atom is -0.385 e. The molecule has 7 nitrogen and oxygen atoms in total. The molecule has 2 rings (SSSR count). The van der Waals surface area contributed by atoms with E-state index in [-0.39, 0.29) is 14.9 Å². The number of anilines is 1. The van der Waals surface area contributed by atoms with E-state index in [9.17, 15) is 18.5 Å². The van der Waals surface area contributed by atoms with Crippen LogP contribution in [0, 0.1) is 10.1 Å². The second-order valence-electron chi connectivity index (χ2n) is 4.95. The fourth-order valence-electron chi connectivity index (χ4n) is 2.28. The molecule has 0 aromatic carbocycles. The van der Waals surface area contributed by atoms with Crippen molar-refractivity contribution >= 4 is 32.0 Å². The molecule has 1 fully saturated rings. The van der Waals surface area contributed by atoms with Gasteiger partial charge in [0.15, 0.2) is 5.00 Å². The zero-order valence-electron chi connectivity index (χ0n) is 10.4. The smallest absolute Gasteiger partial charge is 0.304 e. The molecule has 9 heteroatoms. The van der Waals surface area contributed by atoms with E-state index < -0.39 is 20.5 Å². The van der Waals surface area contributed by atoms with Crippen molar-refractivity contribution in [2.24, 2.45) is 0 Å². The summed E-state index contributed by atoms with van der Waals surface area (Å²) in [5.41, 5.74) is 4.64. The van der Waals surface area contributed by atoms with Gasteiger partial charge in [0, 0.05) is 11.6 Å². The van der Waals surface area contributed by atoms with Crippen molar-refractivity contribution in [2.75, 3.05) is 5.73 Å². The van der Waals surface area contributed by atoms with Gasteiger partial charge in [0.05, 0.1) is 4.92 Å². The van der Waals surface area contributed by atoms with Gasteiger partial charge in [-0.1, -0.05) is 24.2 Å². The first-order valence-electron chi connectivity index (χ1n) is 5.81. The maximum Gasteiger partial charge on any atom is 0.304 e. The van der Waals surface area contributed by atoms with Crippen LogP contribution in [0.5, 0.6) is 0 Å². The summed E-state index contributed by atoms with van der Waals surface area (Å²) in [4.78, 5) is 10.0. The average Bonchev–Trinajstić information content (AvgIpc) is 2.84. The van der Waals surface area contributed by atoms with Gasteiger partial charge in [-0.2, -0.15) is 0 Å². The second-order valence-corrected chi connectivity index (χ2v) is 7.94. The molecule has 1 aromatic rings. The summed E-state index contributed by atoms with van der Waals surface area (Å²) < 4.78 is 26.9. The van der Waals surface area contributed by atoms with E-state index in [1.54, 1.807) is 0 Å². The van der Waals surface area contributed by atoms with Gasteiger partial charge >= 0.3 is 5.69 Å². The molecular formula is C10H15N3O4S2. The van der Waals surface area contributed by atoms with Crippen molar-refractivity contribution in [1.82, 2.24) is 4.72 Å². The maximum absolute atomic E-state index is 12.2. The van der Waals surface area contributed by atoms with Gasteiger partial charge in [-0.25, -0.2) is 13.1 Å². The second kappa shape index (κ2) is 4.73. The SMILES string of the molecule is CC1(NS(=O)(=O)c2cc([N+](=O)[O-])c(N)s2)CCCC1. The number of hydrogen-bond acceptors (Lipinski definition) is 6. The molecule has 0 radical (unpaired) electrons. The third-order valence-corrected chi connectivity index (χ3v) is 6.33. The van der Waals surface area contributed by atoms with Crippen LogP contribution in [-0.4, -0.2) is 18.9 Å². The molecule has 0 saturated heterocycles. The molecule has 0 spiro atoms. The molecule has 0 aliphatic heterocycles. The summed E-state index contributed by atoms with van der Waals surface area (Å²) in [6.45, 7) is 1.85. The van der Waals surface area contributed by atoms with Gasteiger partial charge in [0.1, 0.15) is 4.21 Å². The number of rotatable bonds is 4. The van der Waals surface area contributed by atoms with Crippen molar-refractivity contribution < 1.29 is 13.3 Å². The molecule has 19 heavy (non-hydrogen) atoms. The summed E-state index contributed by atoms with van der Waals surface area (Å²) in [5.74, 6) is 0. The van der Waals surface area contributed by atoms with Gasteiger partial charge in [-0.3, -0.25) is 10.1 Å². The van der Waals surface area contributed by atoms with Crippen molar-refractivity contribution in [3.05, 3.63) is 16.2 Å². The van der Waals surface area contributed by atoms with Gasteiger partial charge in [-0.05, 0) is 19.8 Å². The van der Waals surface area contributed by atoms with Crippen molar-refractivity contribution in [2.45, 2.75) is 42.4 Å². The number of nitrogen functional groups attached to an aromatic ring is 1. The zero-order chi connectivity index (χ0) is 14.3. The van der Waals surface area contributed by atoms with E-state index >= 15 is 0 Å². The van der Waals surface area contributed by atoms with Gasteiger partial charge in [0.2, 0.25) is 0 Å². The topological polar surface area (TPSA) is 115 Å². The van der Waals surface area contributed by atoms with Crippen molar-refractivity contribution in [1.29, 1.82) is 0 Å². The molecule has 3 N–H and O–H groups in total. The average molecular weight is 305 g/mol. The lowest BCUT2D eigenvalue weighted by Crippen LogP contribution is -2.43. The first-order chi connectivity index (χ1) is 8.73. The Kier molecular flexibility index (Phi) is 3.54. The number of nitrogens with one attached hydrogen (secondary N) is 1. The predicted octanol–water partition coefficient (Wildman–Crippen LogP) is 1.85. The van der Waals surface area contributed by atoms with E-state index in [0.29, 0.717) is 0 Å². The lowest BCUT2D eigenvalue weighted by atomic mass is 10.0. The van der Waals surface area contributed by atoms with E-state index in [4.69, 9.17) is 5.73 Å². The Hall–Kier alpha value is -1.19. The first kappa shape index (κ1) is 14.2. The van der Waals surface area contributed by atoms with E-state index in [0.717, 1.165) is 43.1 Å². The van der Waals surface area contributed by atoms with E-state index in [1.807, 2.05) is 6.92 Å². The highest BCUT2D eigenvalue weighted by atomic mass is 32.2. The quantitative estimate of drug-likeness (QED) is 0.650. The third-order valence-electron chi connectivity index (χ3n) is 3.27.